The van der Waals surface area contributed by atoms with E-state index in [0.717, 1.165) is 13.1 Å². The molecule has 0 aromatic rings. The maximum Gasteiger partial charge on any atom is 0.236 e. The molecule has 1 unspecified atom stereocenters. The molecule has 0 saturated heterocycles. The highest BCUT2D eigenvalue weighted by molar-refractivity contribution is 5.81. The van der Waals surface area contributed by atoms with E-state index in [9.17, 15) is 4.79 Å². The van der Waals surface area contributed by atoms with Gasteiger partial charge in [-0.3, -0.25) is 4.79 Å². The second-order valence-corrected chi connectivity index (χ2v) is 4.95. The summed E-state index contributed by atoms with van der Waals surface area (Å²) in [7, 11) is 0. The first-order valence-corrected chi connectivity index (χ1v) is 6.52. The van der Waals surface area contributed by atoms with Crippen LogP contribution in [0.4, 0.5) is 0 Å². The molecule has 0 aliphatic heterocycles. The first kappa shape index (κ1) is 15.4. The van der Waals surface area contributed by atoms with Gasteiger partial charge in [0.1, 0.15) is 0 Å². The molecule has 0 aliphatic carbocycles. The molecule has 3 heteroatoms. The predicted octanol–water partition coefficient (Wildman–Crippen LogP) is 2.17. The van der Waals surface area contributed by atoms with Crippen LogP contribution in [0, 0.1) is 11.8 Å². The summed E-state index contributed by atoms with van der Waals surface area (Å²) in [6, 6.07) is -0.0839. The third-order valence-electron chi connectivity index (χ3n) is 2.95. The lowest BCUT2D eigenvalue weighted by molar-refractivity contribution is -0.122. The first-order chi connectivity index (χ1) is 7.51. The number of nitrogens with one attached hydrogen (secondary N) is 2. The van der Waals surface area contributed by atoms with Crippen LogP contribution in [-0.2, 0) is 4.79 Å². The molecule has 0 aliphatic rings. The first-order valence-electron chi connectivity index (χ1n) is 6.52. The van der Waals surface area contributed by atoms with E-state index in [4.69, 9.17) is 0 Å². The zero-order chi connectivity index (χ0) is 12.6. The van der Waals surface area contributed by atoms with Crippen molar-refractivity contribution in [3.8, 4) is 0 Å². The van der Waals surface area contributed by atoms with Gasteiger partial charge in [0.2, 0.25) is 5.91 Å². The Kier molecular flexibility index (Phi) is 8.26. The fourth-order valence-corrected chi connectivity index (χ4v) is 1.47. The molecule has 1 amide bonds. The van der Waals surface area contributed by atoms with E-state index in [1.807, 2.05) is 6.92 Å². The van der Waals surface area contributed by atoms with Gasteiger partial charge in [0.25, 0.3) is 0 Å². The highest BCUT2D eigenvalue weighted by Crippen LogP contribution is 2.05. The summed E-state index contributed by atoms with van der Waals surface area (Å²) in [5.41, 5.74) is 0. The third kappa shape index (κ3) is 6.83. The molecular formula is C13H28N2O. The molecular weight excluding hydrogens is 200 g/mol. The smallest absolute Gasteiger partial charge is 0.236 e. The van der Waals surface area contributed by atoms with Crippen molar-refractivity contribution in [2.45, 2.75) is 53.5 Å². The Morgan fingerprint density at radius 2 is 1.62 bits per heavy atom. The lowest BCUT2D eigenvalue weighted by atomic mass is 10.0. The SMILES string of the molecule is CCC(CC)CNC(C)C(=O)NCC(C)C. The van der Waals surface area contributed by atoms with Gasteiger partial charge in [0.05, 0.1) is 6.04 Å². The quantitative estimate of drug-likeness (QED) is 0.668. The molecule has 0 radical (unpaired) electrons. The van der Waals surface area contributed by atoms with Crippen LogP contribution < -0.4 is 10.6 Å². The maximum absolute atomic E-state index is 11.7. The van der Waals surface area contributed by atoms with Crippen LogP contribution >= 0.6 is 0 Å². The molecule has 2 N–H and O–H groups in total. The fourth-order valence-electron chi connectivity index (χ4n) is 1.47. The van der Waals surface area contributed by atoms with E-state index < -0.39 is 0 Å². The van der Waals surface area contributed by atoms with Gasteiger partial charge in [0.15, 0.2) is 0 Å². The molecule has 0 heterocycles. The minimum Gasteiger partial charge on any atom is -0.354 e. The Morgan fingerprint density at radius 1 is 1.06 bits per heavy atom. The summed E-state index contributed by atoms with van der Waals surface area (Å²) in [5.74, 6) is 1.30. The van der Waals surface area contributed by atoms with E-state index in [2.05, 4.69) is 38.3 Å². The molecule has 0 rings (SSSR count). The van der Waals surface area contributed by atoms with Gasteiger partial charge in [-0.05, 0) is 25.3 Å². The molecule has 3 nitrogen and oxygen atoms in total. The second-order valence-electron chi connectivity index (χ2n) is 4.95. The molecule has 0 bridgehead atoms. The molecule has 0 fully saturated rings. The Morgan fingerprint density at radius 3 is 2.06 bits per heavy atom. The van der Waals surface area contributed by atoms with Gasteiger partial charge in [0, 0.05) is 6.54 Å². The summed E-state index contributed by atoms with van der Waals surface area (Å²) in [6.07, 6.45) is 2.34. The van der Waals surface area contributed by atoms with E-state index >= 15 is 0 Å². The van der Waals surface area contributed by atoms with Crippen molar-refractivity contribution in [3.63, 3.8) is 0 Å². The lowest BCUT2D eigenvalue weighted by Gasteiger charge is -2.18. The summed E-state index contributed by atoms with van der Waals surface area (Å²) >= 11 is 0. The predicted molar refractivity (Wildman–Crippen MR) is 69.4 cm³/mol. The Bertz CT molecular complexity index is 188. The van der Waals surface area contributed by atoms with Crippen molar-refractivity contribution in [2.24, 2.45) is 11.8 Å². The normalized spacial score (nSPS) is 13.2. The second kappa shape index (κ2) is 8.57. The van der Waals surface area contributed by atoms with Crippen molar-refractivity contribution in [1.29, 1.82) is 0 Å². The molecule has 1 atom stereocenters. The zero-order valence-electron chi connectivity index (χ0n) is 11.5. The van der Waals surface area contributed by atoms with Gasteiger partial charge >= 0.3 is 0 Å². The highest BCUT2D eigenvalue weighted by atomic mass is 16.2. The molecule has 96 valence electrons. The van der Waals surface area contributed by atoms with E-state index in [1.54, 1.807) is 0 Å². The van der Waals surface area contributed by atoms with Crippen LogP contribution in [0.25, 0.3) is 0 Å². The summed E-state index contributed by atoms with van der Waals surface area (Å²) in [5, 5.41) is 6.24. The van der Waals surface area contributed by atoms with Crippen LogP contribution in [0.15, 0.2) is 0 Å². The summed E-state index contributed by atoms with van der Waals surface area (Å²) < 4.78 is 0. The van der Waals surface area contributed by atoms with Crippen LogP contribution in [0.2, 0.25) is 0 Å². The van der Waals surface area contributed by atoms with Gasteiger partial charge in [-0.25, -0.2) is 0 Å². The summed E-state index contributed by atoms with van der Waals surface area (Å²) in [4.78, 5) is 11.7. The number of carbonyl (C=O) groups is 1. The van der Waals surface area contributed by atoms with Crippen molar-refractivity contribution < 1.29 is 4.79 Å². The zero-order valence-corrected chi connectivity index (χ0v) is 11.5. The van der Waals surface area contributed by atoms with Crippen LogP contribution in [0.5, 0.6) is 0 Å². The molecule has 0 spiro atoms. The number of hydrogen-bond donors (Lipinski definition) is 2. The summed E-state index contributed by atoms with van der Waals surface area (Å²) in [6.45, 7) is 12.2. The van der Waals surface area contributed by atoms with Crippen molar-refractivity contribution in [2.75, 3.05) is 13.1 Å². The standard InChI is InChI=1S/C13H28N2O/c1-6-12(7-2)9-14-11(5)13(16)15-8-10(3)4/h10-12,14H,6-9H2,1-5H3,(H,15,16). The Balaban J connectivity index is 3.78. The molecule has 0 aromatic heterocycles. The largest absolute Gasteiger partial charge is 0.354 e. The van der Waals surface area contributed by atoms with E-state index in [-0.39, 0.29) is 11.9 Å². The monoisotopic (exact) mass is 228 g/mol. The van der Waals surface area contributed by atoms with E-state index in [0.29, 0.717) is 11.8 Å². The topological polar surface area (TPSA) is 41.1 Å². The van der Waals surface area contributed by atoms with Gasteiger partial charge in [-0.2, -0.15) is 0 Å². The molecule has 0 saturated carbocycles. The Hall–Kier alpha value is -0.570. The minimum atomic E-state index is -0.0839. The van der Waals surface area contributed by atoms with Gasteiger partial charge < -0.3 is 10.6 Å². The lowest BCUT2D eigenvalue weighted by Crippen LogP contribution is -2.44. The average Bonchev–Trinajstić information content (AvgIpc) is 2.26. The highest BCUT2D eigenvalue weighted by Gasteiger charge is 2.13. The van der Waals surface area contributed by atoms with Crippen LogP contribution in [0.3, 0.4) is 0 Å². The average molecular weight is 228 g/mol. The Labute approximate surface area is 100 Å². The van der Waals surface area contributed by atoms with Crippen molar-refractivity contribution in [3.05, 3.63) is 0 Å². The number of rotatable bonds is 8. The van der Waals surface area contributed by atoms with Gasteiger partial charge in [-0.1, -0.05) is 40.5 Å². The maximum atomic E-state index is 11.7. The minimum absolute atomic E-state index is 0.0839. The van der Waals surface area contributed by atoms with E-state index in [1.165, 1.54) is 12.8 Å². The number of carbonyl (C=O) groups excluding carboxylic acids is 1. The van der Waals surface area contributed by atoms with Crippen LogP contribution in [-0.4, -0.2) is 25.0 Å². The van der Waals surface area contributed by atoms with Crippen molar-refractivity contribution >= 4 is 5.91 Å². The number of hydrogen-bond acceptors (Lipinski definition) is 2. The van der Waals surface area contributed by atoms with Crippen LogP contribution in [0.1, 0.15) is 47.5 Å². The third-order valence-corrected chi connectivity index (χ3v) is 2.95. The molecule has 0 aromatic carbocycles. The van der Waals surface area contributed by atoms with Crippen molar-refractivity contribution in [1.82, 2.24) is 10.6 Å². The number of amides is 1. The fraction of sp³-hybridized carbons (Fsp3) is 0.923. The van der Waals surface area contributed by atoms with Gasteiger partial charge in [-0.15, -0.1) is 0 Å². The molecule has 16 heavy (non-hydrogen) atoms.